The molecule has 2 aromatic carbocycles. The predicted molar refractivity (Wildman–Crippen MR) is 141 cm³/mol. The Morgan fingerprint density at radius 3 is 2.54 bits per heavy atom. The molecular formula is C29H30N6. The lowest BCUT2D eigenvalue weighted by Gasteiger charge is -2.34. The van der Waals surface area contributed by atoms with Crippen molar-refractivity contribution in [2.24, 2.45) is 0 Å². The van der Waals surface area contributed by atoms with Crippen LogP contribution >= 0.6 is 0 Å². The summed E-state index contributed by atoms with van der Waals surface area (Å²) in [6.45, 7) is 4.47. The average Bonchev–Trinajstić information content (AvgIpc) is 3.45. The van der Waals surface area contributed by atoms with Gasteiger partial charge in [0.1, 0.15) is 0 Å². The van der Waals surface area contributed by atoms with Crippen LogP contribution in [0.1, 0.15) is 23.2 Å². The van der Waals surface area contributed by atoms with Crippen molar-refractivity contribution >= 4 is 17.3 Å². The van der Waals surface area contributed by atoms with Crippen LogP contribution in [-0.4, -0.2) is 52.1 Å². The number of hydrogen-bond donors (Lipinski definition) is 1. The maximum Gasteiger partial charge on any atom is 0.227 e. The molecule has 0 saturated carbocycles. The maximum atomic E-state index is 4.74. The number of aromatic nitrogens is 3. The molecule has 2 aliphatic rings. The third-order valence-electron chi connectivity index (χ3n) is 7.28. The van der Waals surface area contributed by atoms with Crippen LogP contribution in [0.25, 0.3) is 11.3 Å². The zero-order valence-electron chi connectivity index (χ0n) is 20.2. The fourth-order valence-corrected chi connectivity index (χ4v) is 5.41. The smallest absolute Gasteiger partial charge is 0.227 e. The van der Waals surface area contributed by atoms with E-state index in [-0.39, 0.29) is 0 Å². The van der Waals surface area contributed by atoms with Gasteiger partial charge in [0.2, 0.25) is 5.95 Å². The van der Waals surface area contributed by atoms with Crippen LogP contribution < -0.4 is 10.2 Å². The molecule has 2 atom stereocenters. The molecule has 2 aromatic heterocycles. The zero-order valence-corrected chi connectivity index (χ0v) is 20.2. The van der Waals surface area contributed by atoms with E-state index in [9.17, 15) is 0 Å². The number of nitrogens with zero attached hydrogens (tertiary/aromatic N) is 5. The molecule has 2 saturated heterocycles. The van der Waals surface area contributed by atoms with E-state index in [4.69, 9.17) is 4.98 Å². The third kappa shape index (κ3) is 4.49. The minimum atomic E-state index is 0.588. The fraction of sp³-hybridized carbons (Fsp3) is 0.276. The first kappa shape index (κ1) is 21.7. The normalized spacial score (nSPS) is 19.3. The van der Waals surface area contributed by atoms with Gasteiger partial charge in [-0.1, -0.05) is 30.3 Å². The Hall–Kier alpha value is -3.77. The second-order valence-corrected chi connectivity index (χ2v) is 9.73. The van der Waals surface area contributed by atoms with E-state index in [1.165, 1.54) is 23.2 Å². The standard InChI is InChI=1S/C29H30N6/c1-20-14-24(10-11-28(20)35-19-25-16-26(35)18-34(25)2)32-29-30-13-12-27(33-29)22-8-9-23(31-17-22)15-21-6-4-3-5-7-21/h3-14,17,25-26H,15-16,18-19H2,1-2H3,(H,30,32,33). The lowest BCUT2D eigenvalue weighted by molar-refractivity contribution is 0.292. The van der Waals surface area contributed by atoms with Gasteiger partial charge in [0, 0.05) is 66.6 Å². The number of hydrogen-bond acceptors (Lipinski definition) is 6. The largest absolute Gasteiger partial charge is 0.365 e. The van der Waals surface area contributed by atoms with Gasteiger partial charge < -0.3 is 10.2 Å². The number of benzene rings is 2. The highest BCUT2D eigenvalue weighted by molar-refractivity contribution is 5.66. The molecule has 2 aliphatic heterocycles. The Bertz CT molecular complexity index is 1320. The molecule has 35 heavy (non-hydrogen) atoms. The fourth-order valence-electron chi connectivity index (χ4n) is 5.41. The predicted octanol–water partition coefficient (Wildman–Crippen LogP) is 5.07. The van der Waals surface area contributed by atoms with Crippen molar-refractivity contribution in [1.29, 1.82) is 0 Å². The average molecular weight is 463 g/mol. The summed E-state index contributed by atoms with van der Waals surface area (Å²) in [5.74, 6) is 0.588. The summed E-state index contributed by atoms with van der Waals surface area (Å²) < 4.78 is 0. The number of nitrogens with one attached hydrogen (secondary N) is 1. The lowest BCUT2D eigenvalue weighted by Crippen LogP contribution is -2.44. The summed E-state index contributed by atoms with van der Waals surface area (Å²) in [6.07, 6.45) is 5.78. The van der Waals surface area contributed by atoms with Gasteiger partial charge >= 0.3 is 0 Å². The Balaban J connectivity index is 1.15. The SMILES string of the molecule is Cc1cc(Nc2nccc(-c3ccc(Cc4ccccc4)nc3)n2)ccc1N1CC2CC1CN2C. The van der Waals surface area contributed by atoms with Crippen LogP contribution in [0.3, 0.4) is 0 Å². The van der Waals surface area contributed by atoms with E-state index in [1.807, 2.05) is 18.3 Å². The van der Waals surface area contributed by atoms with Crippen LogP contribution in [0.4, 0.5) is 17.3 Å². The molecule has 0 radical (unpaired) electrons. The number of rotatable bonds is 6. The Kier molecular flexibility index (Phi) is 5.66. The van der Waals surface area contributed by atoms with Gasteiger partial charge in [-0.25, -0.2) is 9.97 Å². The van der Waals surface area contributed by atoms with Gasteiger partial charge in [0.05, 0.1) is 5.69 Å². The van der Waals surface area contributed by atoms with E-state index in [0.717, 1.165) is 42.1 Å². The molecule has 0 spiro atoms. The minimum Gasteiger partial charge on any atom is -0.365 e. The van der Waals surface area contributed by atoms with Crippen molar-refractivity contribution in [1.82, 2.24) is 19.9 Å². The van der Waals surface area contributed by atoms with Gasteiger partial charge in [0.25, 0.3) is 0 Å². The van der Waals surface area contributed by atoms with Crippen LogP contribution in [0.15, 0.2) is 79.1 Å². The van der Waals surface area contributed by atoms with Crippen molar-refractivity contribution in [3.05, 3.63) is 95.9 Å². The number of anilines is 3. The Morgan fingerprint density at radius 1 is 0.943 bits per heavy atom. The van der Waals surface area contributed by atoms with Crippen LogP contribution in [-0.2, 0) is 6.42 Å². The van der Waals surface area contributed by atoms with Gasteiger partial charge in [-0.15, -0.1) is 0 Å². The number of fused-ring (bicyclic) bond motifs is 2. The van der Waals surface area contributed by atoms with E-state index >= 15 is 0 Å². The first-order valence-corrected chi connectivity index (χ1v) is 12.3. The summed E-state index contributed by atoms with van der Waals surface area (Å²) in [5.41, 5.74) is 7.75. The molecular weight excluding hydrogens is 432 g/mol. The van der Waals surface area contributed by atoms with Crippen molar-refractivity contribution in [2.45, 2.75) is 31.8 Å². The Morgan fingerprint density at radius 2 is 1.83 bits per heavy atom. The number of piperazine rings is 1. The highest BCUT2D eigenvalue weighted by Crippen LogP contribution is 2.36. The highest BCUT2D eigenvalue weighted by atomic mass is 15.3. The number of aryl methyl sites for hydroxylation is 1. The second kappa shape index (κ2) is 9.12. The van der Waals surface area contributed by atoms with E-state index < -0.39 is 0 Å². The van der Waals surface area contributed by atoms with Gasteiger partial charge in [-0.2, -0.15) is 0 Å². The molecule has 4 heterocycles. The molecule has 4 aromatic rings. The maximum absolute atomic E-state index is 4.74. The molecule has 0 aliphatic carbocycles. The molecule has 2 bridgehead atoms. The Labute approximate surface area is 206 Å². The molecule has 176 valence electrons. The summed E-state index contributed by atoms with van der Waals surface area (Å²) in [6, 6.07) is 24.4. The van der Waals surface area contributed by atoms with Crippen molar-refractivity contribution in [3.63, 3.8) is 0 Å². The van der Waals surface area contributed by atoms with E-state index in [0.29, 0.717) is 18.0 Å². The summed E-state index contributed by atoms with van der Waals surface area (Å²) in [7, 11) is 2.24. The van der Waals surface area contributed by atoms with Crippen molar-refractivity contribution in [2.75, 3.05) is 30.4 Å². The third-order valence-corrected chi connectivity index (χ3v) is 7.28. The lowest BCUT2D eigenvalue weighted by atomic mass is 10.1. The molecule has 6 heteroatoms. The quantitative estimate of drug-likeness (QED) is 0.432. The van der Waals surface area contributed by atoms with Gasteiger partial charge in [-0.05, 0) is 67.9 Å². The van der Waals surface area contributed by atoms with Gasteiger partial charge in [-0.3, -0.25) is 9.88 Å². The molecule has 0 amide bonds. The molecule has 2 fully saturated rings. The van der Waals surface area contributed by atoms with Crippen LogP contribution in [0, 0.1) is 6.92 Å². The van der Waals surface area contributed by atoms with Crippen molar-refractivity contribution < 1.29 is 0 Å². The topological polar surface area (TPSA) is 57.2 Å². The highest BCUT2D eigenvalue weighted by Gasteiger charge is 2.41. The van der Waals surface area contributed by atoms with E-state index in [2.05, 4.69) is 93.7 Å². The molecule has 2 unspecified atom stereocenters. The molecule has 1 N–H and O–H groups in total. The summed E-state index contributed by atoms with van der Waals surface area (Å²) in [5, 5.41) is 3.39. The van der Waals surface area contributed by atoms with Crippen LogP contribution in [0.5, 0.6) is 0 Å². The van der Waals surface area contributed by atoms with Crippen molar-refractivity contribution in [3.8, 4) is 11.3 Å². The minimum absolute atomic E-state index is 0.588. The van der Waals surface area contributed by atoms with Gasteiger partial charge in [0.15, 0.2) is 0 Å². The van der Waals surface area contributed by atoms with Crippen LogP contribution in [0.2, 0.25) is 0 Å². The first-order valence-electron chi connectivity index (χ1n) is 12.3. The second-order valence-electron chi connectivity index (χ2n) is 9.73. The number of likely N-dealkylation sites (N-methyl/N-ethyl adjacent to an activating group) is 1. The number of likely N-dealkylation sites (tertiary alicyclic amines) is 1. The monoisotopic (exact) mass is 462 g/mol. The first-order chi connectivity index (χ1) is 17.1. The number of pyridine rings is 1. The summed E-state index contributed by atoms with van der Waals surface area (Å²) >= 11 is 0. The molecule has 6 rings (SSSR count). The zero-order chi connectivity index (χ0) is 23.8. The van der Waals surface area contributed by atoms with E-state index in [1.54, 1.807) is 6.20 Å². The molecule has 6 nitrogen and oxygen atoms in total. The summed E-state index contributed by atoms with van der Waals surface area (Å²) in [4.78, 5) is 18.9.